The average molecular weight is 295 g/mol. The molecule has 0 amide bonds. The Labute approximate surface area is 125 Å². The molecule has 118 valence electrons. The van der Waals surface area contributed by atoms with Crippen LogP contribution in [0, 0.1) is 5.41 Å². The van der Waals surface area contributed by atoms with Crippen LogP contribution in [0.15, 0.2) is 0 Å². The first kappa shape index (κ1) is 15.8. The van der Waals surface area contributed by atoms with Gasteiger partial charge in [0.25, 0.3) is 0 Å². The fourth-order valence-corrected chi connectivity index (χ4v) is 2.14. The number of methoxy groups -OCH3 is 1. The van der Waals surface area contributed by atoms with E-state index < -0.39 is 0 Å². The highest BCUT2D eigenvalue weighted by atomic mass is 16.5. The average Bonchev–Trinajstić information content (AvgIpc) is 3.24. The van der Waals surface area contributed by atoms with Crippen LogP contribution in [-0.2, 0) is 4.74 Å². The summed E-state index contributed by atoms with van der Waals surface area (Å²) in [5.41, 5.74) is 0.340. The molecule has 1 aromatic heterocycles. The van der Waals surface area contributed by atoms with E-state index in [1.807, 2.05) is 13.8 Å². The molecule has 7 heteroatoms. The second-order valence-electron chi connectivity index (χ2n) is 5.32. The van der Waals surface area contributed by atoms with Crippen molar-refractivity contribution in [2.45, 2.75) is 33.1 Å². The number of nitrogens with zero attached hydrogens (tertiary/aromatic N) is 3. The van der Waals surface area contributed by atoms with Gasteiger partial charge >= 0.3 is 6.01 Å². The molecule has 0 radical (unpaired) electrons. The van der Waals surface area contributed by atoms with E-state index in [0.29, 0.717) is 29.9 Å². The van der Waals surface area contributed by atoms with E-state index >= 15 is 0 Å². The third-order valence-corrected chi connectivity index (χ3v) is 3.64. The Kier molecular flexibility index (Phi) is 5.55. The van der Waals surface area contributed by atoms with Crippen molar-refractivity contribution >= 4 is 11.9 Å². The molecule has 2 N–H and O–H groups in total. The molecule has 0 aliphatic heterocycles. The third kappa shape index (κ3) is 4.70. The number of anilines is 2. The quantitative estimate of drug-likeness (QED) is 0.682. The third-order valence-electron chi connectivity index (χ3n) is 3.64. The van der Waals surface area contributed by atoms with Gasteiger partial charge in [-0.1, -0.05) is 0 Å². The Bertz CT molecular complexity index is 427. The van der Waals surface area contributed by atoms with Crippen LogP contribution in [0.1, 0.15) is 33.1 Å². The Morgan fingerprint density at radius 3 is 2.38 bits per heavy atom. The van der Waals surface area contributed by atoms with E-state index in [2.05, 4.69) is 25.6 Å². The molecule has 0 spiro atoms. The van der Waals surface area contributed by atoms with Gasteiger partial charge in [0, 0.05) is 26.8 Å². The van der Waals surface area contributed by atoms with Gasteiger partial charge in [-0.3, -0.25) is 0 Å². The largest absolute Gasteiger partial charge is 0.464 e. The zero-order chi connectivity index (χ0) is 15.1. The van der Waals surface area contributed by atoms with Crippen LogP contribution in [0.25, 0.3) is 0 Å². The summed E-state index contributed by atoms with van der Waals surface area (Å²) >= 11 is 0. The second-order valence-corrected chi connectivity index (χ2v) is 5.32. The fourth-order valence-electron chi connectivity index (χ4n) is 2.14. The lowest BCUT2D eigenvalue weighted by Crippen LogP contribution is -2.19. The zero-order valence-corrected chi connectivity index (χ0v) is 13.1. The van der Waals surface area contributed by atoms with Gasteiger partial charge in [0.1, 0.15) is 0 Å². The summed E-state index contributed by atoms with van der Waals surface area (Å²) in [5, 5.41) is 6.41. The Balaban J connectivity index is 1.98. The lowest BCUT2D eigenvalue weighted by Gasteiger charge is -2.16. The van der Waals surface area contributed by atoms with Gasteiger partial charge in [0.2, 0.25) is 11.9 Å². The maximum Gasteiger partial charge on any atom is 0.323 e. The summed E-state index contributed by atoms with van der Waals surface area (Å²) in [5.74, 6) is 1.10. The maximum absolute atomic E-state index is 5.38. The molecule has 1 heterocycles. The Morgan fingerprint density at radius 2 is 1.81 bits per heavy atom. The maximum atomic E-state index is 5.38. The second kappa shape index (κ2) is 7.40. The van der Waals surface area contributed by atoms with Crippen molar-refractivity contribution in [3.63, 3.8) is 0 Å². The highest BCUT2D eigenvalue weighted by Gasteiger charge is 2.41. The molecule has 0 saturated heterocycles. The molecular formula is C14H25N5O2. The minimum absolute atomic E-state index is 0.340. The number of hydrogen-bond acceptors (Lipinski definition) is 7. The predicted molar refractivity (Wildman–Crippen MR) is 81.8 cm³/mol. The Hall–Kier alpha value is -1.63. The summed E-state index contributed by atoms with van der Waals surface area (Å²) in [7, 11) is 1.74. The van der Waals surface area contributed by atoms with Gasteiger partial charge in [-0.15, -0.1) is 0 Å². The monoisotopic (exact) mass is 295 g/mol. The first-order valence-corrected chi connectivity index (χ1v) is 7.57. The number of hydrogen-bond donors (Lipinski definition) is 2. The van der Waals surface area contributed by atoms with Crippen LogP contribution in [0.3, 0.4) is 0 Å². The van der Waals surface area contributed by atoms with Crippen LogP contribution < -0.4 is 15.4 Å². The van der Waals surface area contributed by atoms with Crippen molar-refractivity contribution in [3.8, 4) is 6.01 Å². The first-order chi connectivity index (χ1) is 10.2. The number of nitrogens with one attached hydrogen (secondary N) is 2. The van der Waals surface area contributed by atoms with Crippen LogP contribution in [0.2, 0.25) is 0 Å². The van der Waals surface area contributed by atoms with Crippen LogP contribution in [0.4, 0.5) is 11.9 Å². The standard InChI is InChI=1S/C14H25N5O2/c1-4-15-11-17-12(19-13(18-11)21-5-2)16-10-14(6-7-14)8-9-20-3/h4-10H2,1-3H3,(H2,15,16,17,18,19). The van der Waals surface area contributed by atoms with E-state index in [0.717, 1.165) is 26.1 Å². The van der Waals surface area contributed by atoms with E-state index in [1.165, 1.54) is 12.8 Å². The fraction of sp³-hybridized carbons (Fsp3) is 0.786. The lowest BCUT2D eigenvalue weighted by molar-refractivity contribution is 0.174. The van der Waals surface area contributed by atoms with Crippen molar-refractivity contribution in [2.24, 2.45) is 5.41 Å². The minimum atomic E-state index is 0.340. The molecule has 1 aromatic rings. The van der Waals surface area contributed by atoms with E-state index in [-0.39, 0.29) is 0 Å². The molecule has 1 fully saturated rings. The van der Waals surface area contributed by atoms with Crippen molar-refractivity contribution in [1.29, 1.82) is 0 Å². The molecule has 1 aliphatic rings. The van der Waals surface area contributed by atoms with E-state index in [9.17, 15) is 0 Å². The van der Waals surface area contributed by atoms with Crippen molar-refractivity contribution in [1.82, 2.24) is 15.0 Å². The van der Waals surface area contributed by atoms with Crippen LogP contribution in [0.5, 0.6) is 6.01 Å². The SMILES string of the molecule is CCNc1nc(NCC2(CCOC)CC2)nc(OCC)n1. The summed E-state index contributed by atoms with van der Waals surface area (Å²) in [6, 6.07) is 0.354. The number of aromatic nitrogens is 3. The molecule has 21 heavy (non-hydrogen) atoms. The van der Waals surface area contributed by atoms with Gasteiger partial charge in [-0.25, -0.2) is 0 Å². The molecule has 2 rings (SSSR count). The van der Waals surface area contributed by atoms with Crippen LogP contribution in [-0.4, -0.2) is 48.4 Å². The highest BCUT2D eigenvalue weighted by molar-refractivity contribution is 5.36. The molecular weight excluding hydrogens is 270 g/mol. The molecule has 1 saturated carbocycles. The summed E-state index contributed by atoms with van der Waals surface area (Å²) in [6.07, 6.45) is 3.53. The molecule has 1 aliphatic carbocycles. The normalized spacial score (nSPS) is 15.6. The summed E-state index contributed by atoms with van der Waals surface area (Å²) < 4.78 is 10.6. The molecule has 0 unspecified atom stereocenters. The van der Waals surface area contributed by atoms with Crippen LogP contribution >= 0.6 is 0 Å². The van der Waals surface area contributed by atoms with Crippen molar-refractivity contribution in [2.75, 3.05) is 44.0 Å². The number of rotatable bonds is 10. The smallest absolute Gasteiger partial charge is 0.323 e. The molecule has 0 aromatic carbocycles. The van der Waals surface area contributed by atoms with E-state index in [1.54, 1.807) is 7.11 Å². The molecule has 0 bridgehead atoms. The summed E-state index contributed by atoms with van der Waals surface area (Å²) in [6.45, 7) is 6.86. The molecule has 7 nitrogen and oxygen atoms in total. The number of ether oxygens (including phenoxy) is 2. The minimum Gasteiger partial charge on any atom is -0.464 e. The van der Waals surface area contributed by atoms with E-state index in [4.69, 9.17) is 9.47 Å². The van der Waals surface area contributed by atoms with Gasteiger partial charge in [0.15, 0.2) is 0 Å². The highest BCUT2D eigenvalue weighted by Crippen LogP contribution is 2.48. The first-order valence-electron chi connectivity index (χ1n) is 7.57. The molecule has 0 atom stereocenters. The summed E-state index contributed by atoms with van der Waals surface area (Å²) in [4.78, 5) is 12.9. The Morgan fingerprint density at radius 1 is 1.10 bits per heavy atom. The van der Waals surface area contributed by atoms with Gasteiger partial charge in [-0.05, 0) is 38.5 Å². The lowest BCUT2D eigenvalue weighted by atomic mass is 10.0. The predicted octanol–water partition coefficient (Wildman–Crippen LogP) is 1.93. The van der Waals surface area contributed by atoms with Gasteiger partial charge in [0.05, 0.1) is 6.61 Å². The van der Waals surface area contributed by atoms with Crippen molar-refractivity contribution < 1.29 is 9.47 Å². The van der Waals surface area contributed by atoms with Gasteiger partial charge in [-0.2, -0.15) is 15.0 Å². The topological polar surface area (TPSA) is 81.2 Å². The van der Waals surface area contributed by atoms with Gasteiger partial charge < -0.3 is 20.1 Å². The van der Waals surface area contributed by atoms with Crippen molar-refractivity contribution in [3.05, 3.63) is 0 Å². The zero-order valence-electron chi connectivity index (χ0n) is 13.1.